The van der Waals surface area contributed by atoms with Gasteiger partial charge in [0.1, 0.15) is 0 Å². The highest BCUT2D eigenvalue weighted by atomic mass is 79.9. The predicted molar refractivity (Wildman–Crippen MR) is 63.1 cm³/mol. The van der Waals surface area contributed by atoms with Crippen molar-refractivity contribution in [3.05, 3.63) is 32.0 Å². The number of halogens is 2. The van der Waals surface area contributed by atoms with Crippen LogP contribution in [0.1, 0.15) is 5.56 Å². The fourth-order valence-corrected chi connectivity index (χ4v) is 3.24. The van der Waals surface area contributed by atoms with E-state index in [1.165, 1.54) is 5.39 Å². The Morgan fingerprint density at radius 1 is 1.38 bits per heavy atom. The molecule has 1 aromatic carbocycles. The third kappa shape index (κ3) is 1.56. The summed E-state index contributed by atoms with van der Waals surface area (Å²) in [5.74, 6) is 0. The zero-order valence-corrected chi connectivity index (χ0v) is 10.5. The van der Waals surface area contributed by atoms with Crippen LogP contribution in [0.25, 0.3) is 10.1 Å². The Labute approximate surface area is 96.6 Å². The van der Waals surface area contributed by atoms with Crippen LogP contribution in [0.2, 0.25) is 0 Å². The van der Waals surface area contributed by atoms with Crippen molar-refractivity contribution in [1.29, 1.82) is 0 Å². The van der Waals surface area contributed by atoms with E-state index in [2.05, 4.69) is 44.0 Å². The lowest BCUT2D eigenvalue weighted by molar-refractivity contribution is 0.282. The van der Waals surface area contributed by atoms with Gasteiger partial charge in [0.15, 0.2) is 0 Å². The lowest BCUT2D eigenvalue weighted by Gasteiger charge is -2.04. The molecule has 13 heavy (non-hydrogen) atoms. The van der Waals surface area contributed by atoms with Crippen molar-refractivity contribution >= 4 is 53.3 Å². The van der Waals surface area contributed by atoms with E-state index in [1.54, 1.807) is 11.3 Å². The molecule has 0 saturated heterocycles. The van der Waals surface area contributed by atoms with Crippen LogP contribution in [0, 0.1) is 0 Å². The number of hydrogen-bond acceptors (Lipinski definition) is 2. The second kappa shape index (κ2) is 3.69. The van der Waals surface area contributed by atoms with Gasteiger partial charge in [-0.05, 0) is 54.8 Å². The SMILES string of the molecule is OCc1c(Br)c(Br)cc2ccsc12. The molecule has 0 unspecified atom stereocenters. The molecule has 0 spiro atoms. The van der Waals surface area contributed by atoms with Crippen molar-refractivity contribution in [3.63, 3.8) is 0 Å². The summed E-state index contributed by atoms with van der Waals surface area (Å²) >= 11 is 8.54. The average molecular weight is 322 g/mol. The Hall–Kier alpha value is 0.1000. The molecule has 1 aromatic heterocycles. The maximum absolute atomic E-state index is 9.22. The molecule has 0 atom stereocenters. The highest BCUT2D eigenvalue weighted by molar-refractivity contribution is 9.13. The van der Waals surface area contributed by atoms with E-state index in [-0.39, 0.29) is 6.61 Å². The van der Waals surface area contributed by atoms with Gasteiger partial charge in [0, 0.05) is 19.2 Å². The molecule has 2 rings (SSSR count). The number of aliphatic hydroxyl groups is 1. The number of thiophene rings is 1. The van der Waals surface area contributed by atoms with Crippen LogP contribution in [-0.2, 0) is 6.61 Å². The molecule has 1 nitrogen and oxygen atoms in total. The largest absolute Gasteiger partial charge is 0.392 e. The number of fused-ring (bicyclic) bond motifs is 1. The fraction of sp³-hybridized carbons (Fsp3) is 0.111. The van der Waals surface area contributed by atoms with Gasteiger partial charge in [-0.3, -0.25) is 0 Å². The summed E-state index contributed by atoms with van der Waals surface area (Å²) in [5.41, 5.74) is 0.958. The van der Waals surface area contributed by atoms with Gasteiger partial charge < -0.3 is 5.11 Å². The van der Waals surface area contributed by atoms with Crippen molar-refractivity contribution in [2.24, 2.45) is 0 Å². The lowest BCUT2D eigenvalue weighted by Crippen LogP contribution is -1.86. The minimum Gasteiger partial charge on any atom is -0.392 e. The van der Waals surface area contributed by atoms with Crippen LogP contribution in [0.5, 0.6) is 0 Å². The van der Waals surface area contributed by atoms with Gasteiger partial charge in [0.05, 0.1) is 6.61 Å². The van der Waals surface area contributed by atoms with Crippen molar-refractivity contribution in [1.82, 2.24) is 0 Å². The minimum absolute atomic E-state index is 0.0665. The standard InChI is InChI=1S/C9H6Br2OS/c10-7-3-5-1-2-13-9(5)6(4-12)8(7)11/h1-3,12H,4H2. The summed E-state index contributed by atoms with van der Waals surface area (Å²) in [5, 5.41) is 12.4. The third-order valence-corrected chi connectivity index (χ3v) is 4.94. The molecule has 1 N–H and O–H groups in total. The van der Waals surface area contributed by atoms with Gasteiger partial charge in [-0.15, -0.1) is 11.3 Å². The van der Waals surface area contributed by atoms with Crippen molar-refractivity contribution in [2.45, 2.75) is 6.61 Å². The second-order valence-corrected chi connectivity index (χ2v) is 5.21. The first-order chi connectivity index (χ1) is 6.24. The Morgan fingerprint density at radius 3 is 2.85 bits per heavy atom. The molecule has 2 aromatic rings. The van der Waals surface area contributed by atoms with E-state index in [1.807, 2.05) is 5.38 Å². The molecular formula is C9H6Br2OS. The van der Waals surface area contributed by atoms with E-state index >= 15 is 0 Å². The van der Waals surface area contributed by atoms with Gasteiger partial charge >= 0.3 is 0 Å². The monoisotopic (exact) mass is 320 g/mol. The Balaban J connectivity index is 2.87. The Kier molecular flexibility index (Phi) is 2.74. The molecule has 0 aliphatic heterocycles. The van der Waals surface area contributed by atoms with E-state index in [0.29, 0.717) is 0 Å². The highest BCUT2D eigenvalue weighted by Crippen LogP contribution is 2.36. The molecule has 0 radical (unpaired) electrons. The van der Waals surface area contributed by atoms with Crippen molar-refractivity contribution in [2.75, 3.05) is 0 Å². The normalized spacial score (nSPS) is 11.0. The molecule has 1 heterocycles. The molecule has 0 aliphatic rings. The molecule has 0 bridgehead atoms. The molecule has 0 amide bonds. The zero-order valence-electron chi connectivity index (χ0n) is 6.55. The van der Waals surface area contributed by atoms with E-state index in [0.717, 1.165) is 19.2 Å². The predicted octanol–water partition coefficient (Wildman–Crippen LogP) is 3.92. The van der Waals surface area contributed by atoms with E-state index in [4.69, 9.17) is 0 Å². The van der Waals surface area contributed by atoms with Crippen LogP contribution in [0.4, 0.5) is 0 Å². The van der Waals surface area contributed by atoms with Gasteiger partial charge in [0.25, 0.3) is 0 Å². The summed E-state index contributed by atoms with van der Waals surface area (Å²) < 4.78 is 3.09. The Morgan fingerprint density at radius 2 is 2.15 bits per heavy atom. The first-order valence-corrected chi connectivity index (χ1v) is 6.15. The summed E-state index contributed by atoms with van der Waals surface area (Å²) in [6.45, 7) is 0.0665. The molecule has 0 fully saturated rings. The Bertz CT molecular complexity index is 450. The summed E-state index contributed by atoms with van der Waals surface area (Å²) in [6.07, 6.45) is 0. The fourth-order valence-electron chi connectivity index (χ4n) is 1.26. The van der Waals surface area contributed by atoms with Gasteiger partial charge in [-0.25, -0.2) is 0 Å². The van der Waals surface area contributed by atoms with Crippen molar-refractivity contribution in [3.8, 4) is 0 Å². The topological polar surface area (TPSA) is 20.2 Å². The maximum Gasteiger partial charge on any atom is 0.0707 e. The maximum atomic E-state index is 9.22. The molecule has 68 valence electrons. The minimum atomic E-state index is 0.0665. The van der Waals surface area contributed by atoms with Gasteiger partial charge in [0.2, 0.25) is 0 Å². The van der Waals surface area contributed by atoms with Crippen LogP contribution in [-0.4, -0.2) is 5.11 Å². The van der Waals surface area contributed by atoms with Crippen LogP contribution >= 0.6 is 43.2 Å². The number of hydrogen-bond donors (Lipinski definition) is 1. The molecular weight excluding hydrogens is 316 g/mol. The van der Waals surface area contributed by atoms with Crippen molar-refractivity contribution < 1.29 is 5.11 Å². The number of aliphatic hydroxyl groups excluding tert-OH is 1. The number of rotatable bonds is 1. The van der Waals surface area contributed by atoms with E-state index < -0.39 is 0 Å². The smallest absolute Gasteiger partial charge is 0.0707 e. The molecule has 0 aliphatic carbocycles. The molecule has 4 heteroatoms. The summed E-state index contributed by atoms with van der Waals surface area (Å²) in [4.78, 5) is 0. The lowest BCUT2D eigenvalue weighted by atomic mass is 10.2. The zero-order chi connectivity index (χ0) is 9.42. The number of benzene rings is 1. The average Bonchev–Trinajstić information content (AvgIpc) is 2.54. The van der Waals surface area contributed by atoms with Crippen LogP contribution in [0.15, 0.2) is 26.5 Å². The molecule has 0 saturated carbocycles. The first-order valence-electron chi connectivity index (χ1n) is 3.69. The van der Waals surface area contributed by atoms with E-state index in [9.17, 15) is 5.11 Å². The van der Waals surface area contributed by atoms with Gasteiger partial charge in [-0.1, -0.05) is 0 Å². The van der Waals surface area contributed by atoms with Crippen LogP contribution in [0.3, 0.4) is 0 Å². The van der Waals surface area contributed by atoms with Gasteiger partial charge in [-0.2, -0.15) is 0 Å². The second-order valence-electron chi connectivity index (χ2n) is 2.65. The third-order valence-electron chi connectivity index (χ3n) is 1.88. The quantitative estimate of drug-likeness (QED) is 0.844. The first kappa shape index (κ1) is 9.65. The summed E-state index contributed by atoms with van der Waals surface area (Å²) in [6, 6.07) is 4.10. The summed E-state index contributed by atoms with van der Waals surface area (Å²) in [7, 11) is 0. The van der Waals surface area contributed by atoms with Crippen LogP contribution < -0.4 is 0 Å². The highest BCUT2D eigenvalue weighted by Gasteiger charge is 2.09.